The minimum atomic E-state index is -0.151. The molecule has 5 heteroatoms. The van der Waals surface area contributed by atoms with Gasteiger partial charge < -0.3 is 19.9 Å². The number of methoxy groups -OCH3 is 1. The van der Waals surface area contributed by atoms with Crippen LogP contribution in [0.1, 0.15) is 24.8 Å². The van der Waals surface area contributed by atoms with Crippen LogP contribution in [0.2, 0.25) is 0 Å². The molecule has 1 aliphatic rings. The molecule has 2 N–H and O–H groups in total. The predicted molar refractivity (Wildman–Crippen MR) is 79.6 cm³/mol. The summed E-state index contributed by atoms with van der Waals surface area (Å²) in [5.41, 5.74) is 1.19. The van der Waals surface area contributed by atoms with Crippen molar-refractivity contribution in [1.82, 2.24) is 5.32 Å². The summed E-state index contributed by atoms with van der Waals surface area (Å²) in [6.07, 6.45) is 2.89. The fourth-order valence-corrected chi connectivity index (χ4v) is 2.30. The molecule has 0 aliphatic heterocycles. The maximum Gasteiger partial charge on any atom is 0.257 e. The topological polar surface area (TPSA) is 67.8 Å². The lowest BCUT2D eigenvalue weighted by Gasteiger charge is -2.15. The second-order valence-corrected chi connectivity index (χ2v) is 5.69. The summed E-state index contributed by atoms with van der Waals surface area (Å²) < 4.78 is 10.7. The van der Waals surface area contributed by atoms with E-state index in [-0.39, 0.29) is 24.5 Å². The molecule has 2 rings (SSSR count). The van der Waals surface area contributed by atoms with Crippen molar-refractivity contribution in [3.63, 3.8) is 0 Å². The molecular formula is C16H23NO4. The van der Waals surface area contributed by atoms with Crippen molar-refractivity contribution in [2.75, 3.05) is 26.9 Å². The molecule has 5 nitrogen and oxygen atoms in total. The normalized spacial score (nSPS) is 15.4. The summed E-state index contributed by atoms with van der Waals surface area (Å²) in [5.74, 6) is 1.04. The van der Waals surface area contributed by atoms with Gasteiger partial charge in [0.25, 0.3) is 5.91 Å². The molecule has 1 saturated carbocycles. The van der Waals surface area contributed by atoms with Gasteiger partial charge in [0.2, 0.25) is 0 Å². The molecule has 0 heterocycles. The number of amides is 1. The first-order chi connectivity index (χ1) is 10.1. The van der Waals surface area contributed by atoms with Gasteiger partial charge in [0.1, 0.15) is 0 Å². The van der Waals surface area contributed by atoms with Crippen LogP contribution in [0.4, 0.5) is 0 Å². The Morgan fingerprint density at radius 1 is 1.38 bits per heavy atom. The van der Waals surface area contributed by atoms with Crippen LogP contribution in [0.3, 0.4) is 0 Å². The number of benzene rings is 1. The van der Waals surface area contributed by atoms with E-state index in [0.29, 0.717) is 18.0 Å². The predicted octanol–water partition coefficient (Wildman–Crippen LogP) is 1.66. The molecule has 0 atom stereocenters. The SMILES string of the molecule is COc1cc(C)ccc1OCC(=O)NCC1(CCO)CC1. The lowest BCUT2D eigenvalue weighted by molar-refractivity contribution is -0.123. The third-order valence-electron chi connectivity index (χ3n) is 3.94. The lowest BCUT2D eigenvalue weighted by Crippen LogP contribution is -2.34. The third kappa shape index (κ3) is 4.36. The Morgan fingerprint density at radius 3 is 2.76 bits per heavy atom. The summed E-state index contributed by atoms with van der Waals surface area (Å²) in [6.45, 7) is 2.72. The van der Waals surface area contributed by atoms with E-state index >= 15 is 0 Å². The monoisotopic (exact) mass is 293 g/mol. The Hall–Kier alpha value is -1.75. The van der Waals surface area contributed by atoms with E-state index in [1.165, 1.54) is 0 Å². The highest BCUT2D eigenvalue weighted by Gasteiger charge is 2.41. The number of rotatable bonds is 8. The zero-order valence-electron chi connectivity index (χ0n) is 12.6. The lowest BCUT2D eigenvalue weighted by atomic mass is 10.0. The van der Waals surface area contributed by atoms with Gasteiger partial charge in [-0.2, -0.15) is 0 Å². The summed E-state index contributed by atoms with van der Waals surface area (Å²) in [4.78, 5) is 11.8. The van der Waals surface area contributed by atoms with E-state index in [2.05, 4.69) is 5.32 Å². The van der Waals surface area contributed by atoms with E-state index in [9.17, 15) is 4.79 Å². The van der Waals surface area contributed by atoms with Crippen LogP contribution in [0, 0.1) is 12.3 Å². The first kappa shape index (κ1) is 15.6. The average Bonchev–Trinajstić information content (AvgIpc) is 3.24. The van der Waals surface area contributed by atoms with Crippen molar-refractivity contribution >= 4 is 5.91 Å². The van der Waals surface area contributed by atoms with E-state index < -0.39 is 0 Å². The second kappa shape index (κ2) is 6.80. The highest BCUT2D eigenvalue weighted by molar-refractivity contribution is 5.77. The molecule has 21 heavy (non-hydrogen) atoms. The minimum absolute atomic E-state index is 0.0331. The van der Waals surface area contributed by atoms with Crippen LogP contribution >= 0.6 is 0 Å². The van der Waals surface area contributed by atoms with Gasteiger partial charge in [0, 0.05) is 13.2 Å². The number of carbonyl (C=O) groups is 1. The average molecular weight is 293 g/mol. The van der Waals surface area contributed by atoms with Crippen LogP contribution in [0.25, 0.3) is 0 Å². The first-order valence-electron chi connectivity index (χ1n) is 7.23. The van der Waals surface area contributed by atoms with E-state index in [1.807, 2.05) is 19.1 Å². The first-order valence-corrected chi connectivity index (χ1v) is 7.23. The molecule has 1 fully saturated rings. The number of carbonyl (C=O) groups excluding carboxylic acids is 1. The number of aryl methyl sites for hydroxylation is 1. The number of ether oxygens (including phenoxy) is 2. The van der Waals surface area contributed by atoms with Gasteiger partial charge in [0.15, 0.2) is 18.1 Å². The van der Waals surface area contributed by atoms with Crippen molar-refractivity contribution in [3.05, 3.63) is 23.8 Å². The van der Waals surface area contributed by atoms with Gasteiger partial charge >= 0.3 is 0 Å². The summed E-state index contributed by atoms with van der Waals surface area (Å²) >= 11 is 0. The maximum absolute atomic E-state index is 11.8. The highest BCUT2D eigenvalue weighted by atomic mass is 16.5. The Kier molecular flexibility index (Phi) is 5.07. The molecule has 1 amide bonds. The van der Waals surface area contributed by atoms with Crippen molar-refractivity contribution in [1.29, 1.82) is 0 Å². The molecule has 0 aromatic heterocycles. The molecular weight excluding hydrogens is 270 g/mol. The zero-order valence-corrected chi connectivity index (χ0v) is 12.6. The number of aliphatic hydroxyl groups excluding tert-OH is 1. The quantitative estimate of drug-likeness (QED) is 0.765. The van der Waals surface area contributed by atoms with Gasteiger partial charge in [-0.05, 0) is 49.3 Å². The minimum Gasteiger partial charge on any atom is -0.493 e. The molecule has 1 aliphatic carbocycles. The Bertz CT molecular complexity index is 497. The van der Waals surface area contributed by atoms with E-state index in [1.54, 1.807) is 13.2 Å². The summed E-state index contributed by atoms with van der Waals surface area (Å²) in [6, 6.07) is 5.58. The fourth-order valence-electron chi connectivity index (χ4n) is 2.30. The van der Waals surface area contributed by atoms with Gasteiger partial charge in [-0.15, -0.1) is 0 Å². The number of aliphatic hydroxyl groups is 1. The maximum atomic E-state index is 11.8. The smallest absolute Gasteiger partial charge is 0.257 e. The van der Waals surface area contributed by atoms with Gasteiger partial charge in [0.05, 0.1) is 7.11 Å². The van der Waals surface area contributed by atoms with Crippen molar-refractivity contribution < 1.29 is 19.4 Å². The molecule has 1 aromatic rings. The van der Waals surface area contributed by atoms with Gasteiger partial charge in [-0.25, -0.2) is 0 Å². The second-order valence-electron chi connectivity index (χ2n) is 5.69. The number of hydrogen-bond acceptors (Lipinski definition) is 4. The molecule has 1 aromatic carbocycles. The molecule has 0 saturated heterocycles. The van der Waals surface area contributed by atoms with Crippen LogP contribution < -0.4 is 14.8 Å². The highest BCUT2D eigenvalue weighted by Crippen LogP contribution is 2.47. The Labute approximate surface area is 125 Å². The number of hydrogen-bond donors (Lipinski definition) is 2. The summed E-state index contributed by atoms with van der Waals surface area (Å²) in [7, 11) is 1.58. The molecule has 0 spiro atoms. The molecule has 116 valence electrons. The van der Waals surface area contributed by atoms with Crippen molar-refractivity contribution in [3.8, 4) is 11.5 Å². The molecule has 0 radical (unpaired) electrons. The largest absolute Gasteiger partial charge is 0.493 e. The standard InChI is InChI=1S/C16H23NO4/c1-12-3-4-13(14(9-12)20-2)21-10-15(19)17-11-16(5-6-16)7-8-18/h3-4,9,18H,5-8,10-11H2,1-2H3,(H,17,19). The third-order valence-corrected chi connectivity index (χ3v) is 3.94. The Balaban J connectivity index is 1.79. The fraction of sp³-hybridized carbons (Fsp3) is 0.562. The number of nitrogens with one attached hydrogen (secondary N) is 1. The van der Waals surface area contributed by atoms with Gasteiger partial charge in [-0.1, -0.05) is 6.07 Å². The zero-order chi connectivity index (χ0) is 15.3. The van der Waals surface area contributed by atoms with Crippen LogP contribution in [0.15, 0.2) is 18.2 Å². The van der Waals surface area contributed by atoms with Crippen LogP contribution in [0.5, 0.6) is 11.5 Å². The Morgan fingerprint density at radius 2 is 2.14 bits per heavy atom. The van der Waals surface area contributed by atoms with Crippen molar-refractivity contribution in [2.24, 2.45) is 5.41 Å². The van der Waals surface area contributed by atoms with Crippen LogP contribution in [-0.4, -0.2) is 37.9 Å². The van der Waals surface area contributed by atoms with E-state index in [0.717, 1.165) is 24.8 Å². The summed E-state index contributed by atoms with van der Waals surface area (Å²) in [5, 5.41) is 11.9. The molecule has 0 bridgehead atoms. The van der Waals surface area contributed by atoms with Crippen molar-refractivity contribution in [2.45, 2.75) is 26.2 Å². The van der Waals surface area contributed by atoms with Crippen LogP contribution in [-0.2, 0) is 4.79 Å². The van der Waals surface area contributed by atoms with E-state index in [4.69, 9.17) is 14.6 Å². The van der Waals surface area contributed by atoms with Gasteiger partial charge in [-0.3, -0.25) is 4.79 Å². The molecule has 0 unspecified atom stereocenters.